The molecule has 0 spiro atoms. The predicted octanol–water partition coefficient (Wildman–Crippen LogP) is 0.551. The summed E-state index contributed by atoms with van der Waals surface area (Å²) in [4.78, 5) is 13.9. The number of nitrogens with zero attached hydrogens (tertiary/aromatic N) is 1. The van der Waals surface area contributed by atoms with Gasteiger partial charge in [0.1, 0.15) is 11.7 Å². The molecule has 22 heavy (non-hydrogen) atoms. The summed E-state index contributed by atoms with van der Waals surface area (Å²) in [5.74, 6) is -0.0101. The molecule has 0 saturated carbocycles. The van der Waals surface area contributed by atoms with Crippen molar-refractivity contribution in [1.29, 1.82) is 0 Å². The number of carbonyl (C=O) groups excluding carboxylic acids is 1. The molecule has 1 amide bonds. The van der Waals surface area contributed by atoms with Crippen LogP contribution in [0.5, 0.6) is 0 Å². The van der Waals surface area contributed by atoms with Crippen molar-refractivity contribution >= 4 is 5.91 Å². The van der Waals surface area contributed by atoms with Crippen LogP contribution < -0.4 is 5.32 Å². The number of likely N-dealkylation sites (tertiary alicyclic amines) is 1. The quantitative estimate of drug-likeness (QED) is 0.743. The predicted molar refractivity (Wildman–Crippen MR) is 85.4 cm³/mol. The first-order chi connectivity index (χ1) is 10.4. The Kier molecular flexibility index (Phi) is 5.56. The highest BCUT2D eigenvalue weighted by molar-refractivity contribution is 5.79. The van der Waals surface area contributed by atoms with E-state index >= 15 is 0 Å². The van der Waals surface area contributed by atoms with Crippen molar-refractivity contribution in [1.82, 2.24) is 10.2 Å². The number of β-amino-alcohol motifs (C(OH)–C–C–N with tert-alkyl or cyclic N) is 1. The van der Waals surface area contributed by atoms with E-state index in [1.54, 1.807) is 4.90 Å². The van der Waals surface area contributed by atoms with Gasteiger partial charge in [-0.25, -0.2) is 0 Å². The van der Waals surface area contributed by atoms with Crippen LogP contribution in [0.1, 0.15) is 25.8 Å². The molecule has 0 bridgehead atoms. The number of rotatable bonds is 5. The maximum atomic E-state index is 12.3. The Morgan fingerprint density at radius 1 is 1.41 bits per heavy atom. The lowest BCUT2D eigenvalue weighted by Gasteiger charge is -2.42. The SMILES string of the molecule is CC(C)NC[C@@]1(O)CCN(C(=O)Cc2ccccc2)C[C@@H]1O. The van der Waals surface area contributed by atoms with E-state index in [1.165, 1.54) is 0 Å². The lowest BCUT2D eigenvalue weighted by molar-refractivity contribution is -0.148. The molecule has 5 nitrogen and oxygen atoms in total. The molecular formula is C17H26N2O3. The number of aliphatic hydroxyl groups excluding tert-OH is 1. The number of nitrogens with one attached hydrogen (secondary N) is 1. The van der Waals surface area contributed by atoms with Crippen molar-refractivity contribution in [2.75, 3.05) is 19.6 Å². The number of benzene rings is 1. The van der Waals surface area contributed by atoms with Crippen LogP contribution in [-0.4, -0.2) is 58.4 Å². The van der Waals surface area contributed by atoms with E-state index < -0.39 is 11.7 Å². The van der Waals surface area contributed by atoms with Gasteiger partial charge in [0.25, 0.3) is 0 Å². The van der Waals surface area contributed by atoms with Crippen LogP contribution in [-0.2, 0) is 11.2 Å². The Bertz CT molecular complexity index is 492. The van der Waals surface area contributed by atoms with E-state index in [2.05, 4.69) is 5.32 Å². The van der Waals surface area contributed by atoms with Crippen LogP contribution >= 0.6 is 0 Å². The van der Waals surface area contributed by atoms with Crippen molar-refractivity contribution in [3.8, 4) is 0 Å². The molecule has 2 rings (SSSR count). The molecule has 1 aromatic carbocycles. The van der Waals surface area contributed by atoms with E-state index in [0.29, 0.717) is 25.9 Å². The lowest BCUT2D eigenvalue weighted by atomic mass is 9.88. The summed E-state index contributed by atoms with van der Waals surface area (Å²) in [5, 5.41) is 23.9. The van der Waals surface area contributed by atoms with Gasteiger partial charge in [0, 0.05) is 25.7 Å². The van der Waals surface area contributed by atoms with Crippen LogP contribution in [0.2, 0.25) is 0 Å². The zero-order chi connectivity index (χ0) is 16.2. The fourth-order valence-electron chi connectivity index (χ4n) is 2.66. The van der Waals surface area contributed by atoms with Gasteiger partial charge in [-0.1, -0.05) is 44.2 Å². The molecule has 1 aliphatic heterocycles. The average Bonchev–Trinajstić information content (AvgIpc) is 2.49. The summed E-state index contributed by atoms with van der Waals surface area (Å²) in [7, 11) is 0. The van der Waals surface area contributed by atoms with E-state index in [-0.39, 0.29) is 18.5 Å². The molecule has 1 heterocycles. The topological polar surface area (TPSA) is 72.8 Å². The minimum absolute atomic E-state index is 0.0101. The van der Waals surface area contributed by atoms with Crippen molar-refractivity contribution in [3.05, 3.63) is 35.9 Å². The van der Waals surface area contributed by atoms with E-state index in [9.17, 15) is 15.0 Å². The zero-order valence-electron chi connectivity index (χ0n) is 13.3. The maximum absolute atomic E-state index is 12.3. The third-order valence-corrected chi connectivity index (χ3v) is 4.20. The summed E-state index contributed by atoms with van der Waals surface area (Å²) in [6.07, 6.45) is -0.211. The van der Waals surface area contributed by atoms with Crippen LogP contribution in [0.4, 0.5) is 0 Å². The molecule has 1 fully saturated rings. The number of hydrogen-bond acceptors (Lipinski definition) is 4. The summed E-state index contributed by atoms with van der Waals surface area (Å²) in [5.41, 5.74) is -0.197. The third kappa shape index (κ3) is 4.29. The standard InChI is InChI=1S/C17H26N2O3/c1-13(2)18-12-17(22)8-9-19(11-15(17)20)16(21)10-14-6-4-3-5-7-14/h3-7,13,15,18,20,22H,8-12H2,1-2H3/t15-,17-/m0/s1. The molecular weight excluding hydrogens is 280 g/mol. The fourth-order valence-corrected chi connectivity index (χ4v) is 2.66. The maximum Gasteiger partial charge on any atom is 0.227 e. The van der Waals surface area contributed by atoms with E-state index in [4.69, 9.17) is 0 Å². The molecule has 1 saturated heterocycles. The van der Waals surface area contributed by atoms with Crippen molar-refractivity contribution in [3.63, 3.8) is 0 Å². The van der Waals surface area contributed by atoms with Crippen LogP contribution in [0.3, 0.4) is 0 Å². The molecule has 1 aliphatic rings. The van der Waals surface area contributed by atoms with Gasteiger partial charge >= 0.3 is 0 Å². The van der Waals surface area contributed by atoms with Gasteiger partial charge in [-0.05, 0) is 12.0 Å². The van der Waals surface area contributed by atoms with Gasteiger partial charge in [-0.3, -0.25) is 4.79 Å². The minimum atomic E-state index is -1.16. The first-order valence-electron chi connectivity index (χ1n) is 7.86. The highest BCUT2D eigenvalue weighted by Crippen LogP contribution is 2.23. The fraction of sp³-hybridized carbons (Fsp3) is 0.588. The molecule has 0 aliphatic carbocycles. The van der Waals surface area contributed by atoms with Gasteiger partial charge < -0.3 is 20.4 Å². The molecule has 1 aromatic rings. The van der Waals surface area contributed by atoms with Gasteiger partial charge in [0.2, 0.25) is 5.91 Å². The molecule has 2 atom stereocenters. The Morgan fingerprint density at radius 3 is 2.68 bits per heavy atom. The van der Waals surface area contributed by atoms with E-state index in [0.717, 1.165) is 5.56 Å². The first-order valence-corrected chi connectivity index (χ1v) is 7.86. The molecule has 0 aromatic heterocycles. The number of hydrogen-bond donors (Lipinski definition) is 3. The monoisotopic (exact) mass is 306 g/mol. The first kappa shape index (κ1) is 16.9. The van der Waals surface area contributed by atoms with Gasteiger partial charge in [-0.15, -0.1) is 0 Å². The van der Waals surface area contributed by atoms with Gasteiger partial charge in [0.15, 0.2) is 0 Å². The van der Waals surface area contributed by atoms with Crippen molar-refractivity contribution in [2.24, 2.45) is 0 Å². The average molecular weight is 306 g/mol. The van der Waals surface area contributed by atoms with Crippen molar-refractivity contribution in [2.45, 2.75) is 44.4 Å². The van der Waals surface area contributed by atoms with Gasteiger partial charge in [-0.2, -0.15) is 0 Å². The second kappa shape index (κ2) is 7.22. The highest BCUT2D eigenvalue weighted by atomic mass is 16.3. The Balaban J connectivity index is 1.90. The smallest absolute Gasteiger partial charge is 0.227 e. The Labute approximate surface area is 131 Å². The number of carbonyl (C=O) groups is 1. The normalized spacial score (nSPS) is 25.5. The minimum Gasteiger partial charge on any atom is -0.388 e. The van der Waals surface area contributed by atoms with E-state index in [1.807, 2.05) is 44.2 Å². The Hall–Kier alpha value is -1.43. The van der Waals surface area contributed by atoms with Crippen molar-refractivity contribution < 1.29 is 15.0 Å². The zero-order valence-corrected chi connectivity index (χ0v) is 13.3. The van der Waals surface area contributed by atoms with Crippen LogP contribution in [0, 0.1) is 0 Å². The summed E-state index contributed by atoms with van der Waals surface area (Å²) >= 11 is 0. The Morgan fingerprint density at radius 2 is 2.09 bits per heavy atom. The molecule has 0 radical (unpaired) electrons. The molecule has 0 unspecified atom stereocenters. The second-order valence-electron chi connectivity index (χ2n) is 6.41. The molecule has 122 valence electrons. The van der Waals surface area contributed by atoms with Crippen LogP contribution in [0.25, 0.3) is 0 Å². The lowest BCUT2D eigenvalue weighted by Crippen LogP contribution is -2.61. The van der Waals surface area contributed by atoms with Gasteiger partial charge in [0.05, 0.1) is 6.42 Å². The van der Waals surface area contributed by atoms with Crippen LogP contribution in [0.15, 0.2) is 30.3 Å². The summed E-state index contributed by atoms with van der Waals surface area (Å²) < 4.78 is 0. The summed E-state index contributed by atoms with van der Waals surface area (Å²) in [6, 6.07) is 9.81. The second-order valence-corrected chi connectivity index (χ2v) is 6.41. The molecule has 5 heteroatoms. The molecule has 3 N–H and O–H groups in total. The highest BCUT2D eigenvalue weighted by Gasteiger charge is 2.41. The number of piperidine rings is 1. The number of aliphatic hydroxyl groups is 2. The largest absolute Gasteiger partial charge is 0.388 e. The summed E-state index contributed by atoms with van der Waals surface area (Å²) in [6.45, 7) is 4.98. The third-order valence-electron chi connectivity index (χ3n) is 4.20. The number of amides is 1.